The number of likely N-dealkylation sites (tertiary alicyclic amines) is 1. The molecule has 3 amide bonds. The lowest BCUT2D eigenvalue weighted by Crippen LogP contribution is -3.14. The van der Waals surface area contributed by atoms with E-state index < -0.39 is 6.03 Å². The summed E-state index contributed by atoms with van der Waals surface area (Å²) in [6.45, 7) is 7.11. The Balaban J connectivity index is 1.88. The van der Waals surface area contributed by atoms with Crippen LogP contribution in [0.4, 0.5) is 10.5 Å². The first kappa shape index (κ1) is 19.1. The first-order chi connectivity index (χ1) is 12.1. The molecule has 1 saturated heterocycles. The fraction of sp³-hybridized carbons (Fsp3) is 0.556. The minimum atomic E-state index is -0.534. The Kier molecular flexibility index (Phi) is 7.53. The van der Waals surface area contributed by atoms with Gasteiger partial charge in [-0.3, -0.25) is 10.1 Å². The highest BCUT2D eigenvalue weighted by atomic mass is 16.5. The van der Waals surface area contributed by atoms with Crippen molar-refractivity contribution in [2.45, 2.75) is 33.1 Å². The van der Waals surface area contributed by atoms with Gasteiger partial charge in [0.1, 0.15) is 0 Å². The van der Waals surface area contributed by atoms with Crippen molar-refractivity contribution in [3.8, 4) is 11.5 Å². The summed E-state index contributed by atoms with van der Waals surface area (Å²) in [7, 11) is 0. The van der Waals surface area contributed by atoms with Gasteiger partial charge in [-0.05, 0) is 45.2 Å². The van der Waals surface area contributed by atoms with Crippen LogP contribution in [-0.2, 0) is 4.79 Å². The van der Waals surface area contributed by atoms with Crippen LogP contribution in [0.3, 0.4) is 0 Å². The molecule has 0 bridgehead atoms. The van der Waals surface area contributed by atoms with Crippen molar-refractivity contribution in [2.75, 3.05) is 38.2 Å². The minimum Gasteiger partial charge on any atom is -0.490 e. The standard InChI is InChI=1S/C18H27N3O4/c1-3-24-15-9-8-14(12-16(15)25-4-2)19-18(23)20-17(22)13-21-10-6-5-7-11-21/h8-9,12H,3-7,10-11,13H2,1-2H3,(H2,19,20,22,23)/p+1. The number of hydrogen-bond donors (Lipinski definition) is 3. The number of hydrogen-bond acceptors (Lipinski definition) is 4. The van der Waals surface area contributed by atoms with Crippen LogP contribution < -0.4 is 25.0 Å². The average Bonchev–Trinajstić information content (AvgIpc) is 2.58. The van der Waals surface area contributed by atoms with Crippen LogP contribution in [0, 0.1) is 0 Å². The Morgan fingerprint density at radius 1 is 1.04 bits per heavy atom. The van der Waals surface area contributed by atoms with Gasteiger partial charge in [0.25, 0.3) is 5.91 Å². The summed E-state index contributed by atoms with van der Waals surface area (Å²) in [6.07, 6.45) is 3.51. The molecule has 0 atom stereocenters. The van der Waals surface area contributed by atoms with E-state index in [0.717, 1.165) is 25.9 Å². The third-order valence-electron chi connectivity index (χ3n) is 4.03. The lowest BCUT2D eigenvalue weighted by Gasteiger charge is -2.22. The third kappa shape index (κ3) is 6.26. The van der Waals surface area contributed by atoms with E-state index in [0.29, 0.717) is 36.9 Å². The summed E-state index contributed by atoms with van der Waals surface area (Å²) in [5.41, 5.74) is 0.544. The topological polar surface area (TPSA) is 81.1 Å². The van der Waals surface area contributed by atoms with Gasteiger partial charge in [0.15, 0.2) is 18.0 Å². The molecule has 1 aliphatic heterocycles. The van der Waals surface area contributed by atoms with Gasteiger partial charge in [-0.2, -0.15) is 0 Å². The van der Waals surface area contributed by atoms with Gasteiger partial charge in [0, 0.05) is 11.8 Å². The van der Waals surface area contributed by atoms with Crippen molar-refractivity contribution in [3.63, 3.8) is 0 Å². The summed E-state index contributed by atoms with van der Waals surface area (Å²) >= 11 is 0. The van der Waals surface area contributed by atoms with E-state index in [1.165, 1.54) is 11.3 Å². The molecule has 0 aliphatic carbocycles. The molecule has 7 nitrogen and oxygen atoms in total. The van der Waals surface area contributed by atoms with Crippen molar-refractivity contribution in [1.29, 1.82) is 0 Å². The Morgan fingerprint density at radius 2 is 1.72 bits per heavy atom. The number of urea groups is 1. The highest BCUT2D eigenvalue weighted by molar-refractivity contribution is 6.01. The van der Waals surface area contributed by atoms with Gasteiger partial charge in [-0.25, -0.2) is 4.79 Å². The van der Waals surface area contributed by atoms with Crippen molar-refractivity contribution in [1.82, 2.24) is 5.32 Å². The van der Waals surface area contributed by atoms with Gasteiger partial charge >= 0.3 is 6.03 Å². The molecule has 7 heteroatoms. The molecule has 2 rings (SSSR count). The fourth-order valence-corrected chi connectivity index (χ4v) is 2.92. The maximum atomic E-state index is 12.0. The second kappa shape index (κ2) is 9.88. The second-order valence-corrected chi connectivity index (χ2v) is 6.02. The van der Waals surface area contributed by atoms with Crippen LogP contribution in [0.15, 0.2) is 18.2 Å². The van der Waals surface area contributed by atoms with E-state index >= 15 is 0 Å². The lowest BCUT2D eigenvalue weighted by atomic mass is 10.1. The predicted molar refractivity (Wildman–Crippen MR) is 95.4 cm³/mol. The van der Waals surface area contributed by atoms with Crippen molar-refractivity contribution < 1.29 is 24.0 Å². The smallest absolute Gasteiger partial charge is 0.326 e. The maximum absolute atomic E-state index is 12.0. The minimum absolute atomic E-state index is 0.259. The van der Waals surface area contributed by atoms with Crippen LogP contribution in [0.2, 0.25) is 0 Å². The Hall–Kier alpha value is -2.28. The van der Waals surface area contributed by atoms with Gasteiger partial charge in [0.05, 0.1) is 26.3 Å². The number of rotatable bonds is 7. The van der Waals surface area contributed by atoms with E-state index in [1.54, 1.807) is 18.2 Å². The summed E-state index contributed by atoms with van der Waals surface area (Å²) in [6, 6.07) is 4.61. The normalized spacial score (nSPS) is 14.6. The molecular weight excluding hydrogens is 322 g/mol. The molecule has 138 valence electrons. The summed E-state index contributed by atoms with van der Waals surface area (Å²) in [4.78, 5) is 25.2. The summed E-state index contributed by atoms with van der Waals surface area (Å²) < 4.78 is 11.0. The predicted octanol–water partition coefficient (Wildman–Crippen LogP) is 1.20. The van der Waals surface area contributed by atoms with Gasteiger partial charge in [-0.1, -0.05) is 0 Å². The molecule has 1 fully saturated rings. The van der Waals surface area contributed by atoms with Crippen molar-refractivity contribution >= 4 is 17.6 Å². The number of imide groups is 1. The zero-order valence-electron chi connectivity index (χ0n) is 15.0. The molecular formula is C18H28N3O4+. The highest BCUT2D eigenvalue weighted by Crippen LogP contribution is 2.30. The summed E-state index contributed by atoms with van der Waals surface area (Å²) in [5.74, 6) is 0.927. The average molecular weight is 350 g/mol. The Morgan fingerprint density at radius 3 is 2.40 bits per heavy atom. The van der Waals surface area contributed by atoms with E-state index in [-0.39, 0.29) is 5.91 Å². The number of benzene rings is 1. The first-order valence-corrected chi connectivity index (χ1v) is 8.96. The zero-order chi connectivity index (χ0) is 18.1. The van der Waals surface area contributed by atoms with E-state index in [9.17, 15) is 9.59 Å². The fourth-order valence-electron chi connectivity index (χ4n) is 2.92. The monoisotopic (exact) mass is 350 g/mol. The Labute approximate surface area is 148 Å². The second-order valence-electron chi connectivity index (χ2n) is 6.02. The number of piperidine rings is 1. The van der Waals surface area contributed by atoms with Crippen LogP contribution in [0.5, 0.6) is 11.5 Å². The molecule has 25 heavy (non-hydrogen) atoms. The first-order valence-electron chi connectivity index (χ1n) is 8.96. The van der Waals surface area contributed by atoms with Crippen molar-refractivity contribution in [2.24, 2.45) is 0 Å². The quantitative estimate of drug-likeness (QED) is 0.690. The Bertz CT molecular complexity index is 586. The van der Waals surface area contributed by atoms with Crippen LogP contribution >= 0.6 is 0 Å². The van der Waals surface area contributed by atoms with Crippen LogP contribution in [-0.4, -0.2) is 44.8 Å². The van der Waals surface area contributed by atoms with Crippen LogP contribution in [0.1, 0.15) is 33.1 Å². The van der Waals surface area contributed by atoms with E-state index in [4.69, 9.17) is 9.47 Å². The van der Waals surface area contributed by atoms with Gasteiger partial charge < -0.3 is 19.7 Å². The number of ether oxygens (including phenoxy) is 2. The molecule has 1 aromatic rings. The molecule has 0 unspecified atom stereocenters. The van der Waals surface area contributed by atoms with E-state index in [1.807, 2.05) is 13.8 Å². The molecule has 0 aromatic heterocycles. The molecule has 0 radical (unpaired) electrons. The molecule has 1 aliphatic rings. The molecule has 1 aromatic carbocycles. The SMILES string of the molecule is CCOc1ccc(NC(=O)NC(=O)C[NH+]2CCCCC2)cc1OCC. The van der Waals surface area contributed by atoms with E-state index in [2.05, 4.69) is 10.6 Å². The number of nitrogens with one attached hydrogen (secondary N) is 3. The molecule has 0 spiro atoms. The number of amides is 3. The largest absolute Gasteiger partial charge is 0.490 e. The number of anilines is 1. The maximum Gasteiger partial charge on any atom is 0.326 e. The van der Waals surface area contributed by atoms with Gasteiger partial charge in [-0.15, -0.1) is 0 Å². The number of carbonyl (C=O) groups excluding carboxylic acids is 2. The zero-order valence-corrected chi connectivity index (χ0v) is 15.0. The molecule has 1 heterocycles. The summed E-state index contributed by atoms with van der Waals surface area (Å²) in [5, 5.41) is 5.05. The molecule has 0 saturated carbocycles. The van der Waals surface area contributed by atoms with Crippen LogP contribution in [0.25, 0.3) is 0 Å². The third-order valence-corrected chi connectivity index (χ3v) is 4.03. The number of carbonyl (C=O) groups is 2. The lowest BCUT2D eigenvalue weighted by molar-refractivity contribution is -0.896. The highest BCUT2D eigenvalue weighted by Gasteiger charge is 2.19. The van der Waals surface area contributed by atoms with Gasteiger partial charge in [0.2, 0.25) is 0 Å². The molecule has 3 N–H and O–H groups in total. The van der Waals surface area contributed by atoms with Crippen molar-refractivity contribution in [3.05, 3.63) is 18.2 Å². The number of quaternary nitrogens is 1.